The van der Waals surface area contributed by atoms with Crippen molar-refractivity contribution in [2.24, 2.45) is 0 Å². The molecule has 0 aliphatic carbocycles. The highest BCUT2D eigenvalue weighted by Crippen LogP contribution is 2.26. The normalized spacial score (nSPS) is 12.9. The van der Waals surface area contributed by atoms with Crippen LogP contribution in [0, 0.1) is 6.92 Å². The largest absolute Gasteiger partial charge is 0.483 e. The van der Waals surface area contributed by atoms with Gasteiger partial charge in [-0.3, -0.25) is 4.79 Å². The summed E-state index contributed by atoms with van der Waals surface area (Å²) in [4.78, 5) is 11.9. The fourth-order valence-corrected chi connectivity index (χ4v) is 1.76. The third kappa shape index (κ3) is 4.85. The minimum absolute atomic E-state index is 0.0490. The molecule has 0 saturated carbocycles. The summed E-state index contributed by atoms with van der Waals surface area (Å²) < 4.78 is 5.56. The number of aliphatic hydroxyl groups excluding tert-OH is 1. The van der Waals surface area contributed by atoms with E-state index < -0.39 is 6.10 Å². The second-order valence-corrected chi connectivity index (χ2v) is 5.79. The van der Waals surface area contributed by atoms with Gasteiger partial charge in [0.25, 0.3) is 5.91 Å². The molecule has 0 radical (unpaired) electrons. The summed E-state index contributed by atoms with van der Waals surface area (Å²) in [6.45, 7) is 9.54. The Bertz CT molecular complexity index is 467. The van der Waals surface area contributed by atoms with E-state index in [1.807, 2.05) is 45.9 Å². The van der Waals surface area contributed by atoms with E-state index in [2.05, 4.69) is 5.32 Å². The average Bonchev–Trinajstić information content (AvgIpc) is 2.35. The van der Waals surface area contributed by atoms with Gasteiger partial charge in [0.1, 0.15) is 5.75 Å². The molecule has 1 atom stereocenters. The zero-order chi connectivity index (χ0) is 15.3. The van der Waals surface area contributed by atoms with Crippen molar-refractivity contribution in [2.45, 2.75) is 52.7 Å². The van der Waals surface area contributed by atoms with Gasteiger partial charge in [0, 0.05) is 11.1 Å². The molecule has 0 bridgehead atoms. The summed E-state index contributed by atoms with van der Waals surface area (Å²) in [5, 5.41) is 12.6. The molecule has 1 aromatic rings. The molecule has 0 spiro atoms. The van der Waals surface area contributed by atoms with Crippen LogP contribution >= 0.6 is 0 Å². The number of carbonyl (C=O) groups excluding carboxylic acids is 1. The van der Waals surface area contributed by atoms with Crippen molar-refractivity contribution >= 4 is 5.91 Å². The van der Waals surface area contributed by atoms with Crippen LogP contribution in [0.15, 0.2) is 18.2 Å². The molecular formula is C16H25NO3. The van der Waals surface area contributed by atoms with Crippen LogP contribution in [0.4, 0.5) is 0 Å². The van der Waals surface area contributed by atoms with Crippen LogP contribution in [-0.2, 0) is 4.79 Å². The SMILES string of the molecule is CCC(C)(C)NC(=O)COc1cc(C)ccc1[C@@H](C)O. The van der Waals surface area contributed by atoms with E-state index in [0.29, 0.717) is 11.3 Å². The number of benzene rings is 1. The van der Waals surface area contributed by atoms with Crippen LogP contribution in [0.2, 0.25) is 0 Å². The average molecular weight is 279 g/mol. The Kier molecular flexibility index (Phi) is 5.57. The van der Waals surface area contributed by atoms with Crippen LogP contribution in [0.5, 0.6) is 5.75 Å². The Labute approximate surface area is 121 Å². The molecule has 1 rings (SSSR count). The number of nitrogens with one attached hydrogen (secondary N) is 1. The van der Waals surface area contributed by atoms with Gasteiger partial charge in [-0.25, -0.2) is 0 Å². The lowest BCUT2D eigenvalue weighted by molar-refractivity contribution is -0.124. The Hall–Kier alpha value is -1.55. The summed E-state index contributed by atoms with van der Waals surface area (Å²) in [7, 11) is 0. The zero-order valence-corrected chi connectivity index (χ0v) is 13.0. The molecular weight excluding hydrogens is 254 g/mol. The molecule has 0 fully saturated rings. The highest BCUT2D eigenvalue weighted by Gasteiger charge is 2.18. The first-order valence-corrected chi connectivity index (χ1v) is 6.97. The maximum absolute atomic E-state index is 11.9. The van der Waals surface area contributed by atoms with Gasteiger partial charge in [-0.15, -0.1) is 0 Å². The predicted octanol–water partition coefficient (Wildman–Crippen LogP) is 2.73. The molecule has 2 N–H and O–H groups in total. The minimum atomic E-state index is -0.624. The van der Waals surface area contributed by atoms with Crippen molar-refractivity contribution in [3.8, 4) is 5.75 Å². The monoisotopic (exact) mass is 279 g/mol. The van der Waals surface area contributed by atoms with Crippen LogP contribution in [0.1, 0.15) is 51.3 Å². The Morgan fingerprint density at radius 3 is 2.65 bits per heavy atom. The fraction of sp³-hybridized carbons (Fsp3) is 0.562. The quantitative estimate of drug-likeness (QED) is 0.841. The maximum Gasteiger partial charge on any atom is 0.258 e. The van der Waals surface area contributed by atoms with Crippen LogP contribution in [0.25, 0.3) is 0 Å². The van der Waals surface area contributed by atoms with Gasteiger partial charge in [-0.05, 0) is 45.7 Å². The van der Waals surface area contributed by atoms with E-state index in [0.717, 1.165) is 12.0 Å². The minimum Gasteiger partial charge on any atom is -0.483 e. The highest BCUT2D eigenvalue weighted by atomic mass is 16.5. The highest BCUT2D eigenvalue weighted by molar-refractivity contribution is 5.78. The Morgan fingerprint density at radius 2 is 2.10 bits per heavy atom. The molecule has 4 heteroatoms. The van der Waals surface area contributed by atoms with Crippen molar-refractivity contribution in [3.05, 3.63) is 29.3 Å². The smallest absolute Gasteiger partial charge is 0.258 e. The van der Waals surface area contributed by atoms with Crippen molar-refractivity contribution in [3.63, 3.8) is 0 Å². The second kappa shape index (κ2) is 6.75. The molecule has 0 unspecified atom stereocenters. The van der Waals surface area contributed by atoms with Gasteiger partial charge in [0.2, 0.25) is 0 Å². The van der Waals surface area contributed by atoms with Gasteiger partial charge in [-0.2, -0.15) is 0 Å². The van der Waals surface area contributed by atoms with Gasteiger partial charge in [-0.1, -0.05) is 19.1 Å². The van der Waals surface area contributed by atoms with Crippen LogP contribution in [0.3, 0.4) is 0 Å². The van der Waals surface area contributed by atoms with Crippen molar-refractivity contribution < 1.29 is 14.6 Å². The number of aryl methyl sites for hydroxylation is 1. The summed E-state index contributed by atoms with van der Waals surface area (Å²) in [5.41, 5.74) is 1.48. The van der Waals surface area contributed by atoms with E-state index >= 15 is 0 Å². The van der Waals surface area contributed by atoms with Crippen molar-refractivity contribution in [1.29, 1.82) is 0 Å². The van der Waals surface area contributed by atoms with Crippen LogP contribution in [-0.4, -0.2) is 23.2 Å². The second-order valence-electron chi connectivity index (χ2n) is 5.79. The molecule has 0 heterocycles. The molecule has 4 nitrogen and oxygen atoms in total. The molecule has 20 heavy (non-hydrogen) atoms. The molecule has 0 aliphatic rings. The maximum atomic E-state index is 11.9. The van der Waals surface area contributed by atoms with Crippen molar-refractivity contribution in [1.82, 2.24) is 5.32 Å². The number of amides is 1. The van der Waals surface area contributed by atoms with Crippen molar-refractivity contribution in [2.75, 3.05) is 6.61 Å². The molecule has 0 aromatic heterocycles. The van der Waals surface area contributed by atoms with E-state index in [1.54, 1.807) is 6.92 Å². The van der Waals surface area contributed by atoms with Gasteiger partial charge in [0.15, 0.2) is 6.61 Å². The number of aliphatic hydroxyl groups is 1. The first-order valence-electron chi connectivity index (χ1n) is 6.97. The van der Waals surface area contributed by atoms with E-state index in [1.165, 1.54) is 0 Å². The first-order chi connectivity index (χ1) is 9.25. The molecule has 112 valence electrons. The number of hydrogen-bond donors (Lipinski definition) is 2. The summed E-state index contributed by atoms with van der Waals surface area (Å²) >= 11 is 0. The summed E-state index contributed by atoms with van der Waals surface area (Å²) in [6, 6.07) is 5.57. The Morgan fingerprint density at radius 1 is 1.45 bits per heavy atom. The molecule has 0 saturated heterocycles. The van der Waals surface area contributed by atoms with E-state index in [-0.39, 0.29) is 18.1 Å². The standard InChI is InChI=1S/C16H25NO3/c1-6-16(4,5)17-15(19)10-20-14-9-11(2)7-8-13(14)12(3)18/h7-9,12,18H,6,10H2,1-5H3,(H,17,19)/t12-/m1/s1. The van der Waals surface area contributed by atoms with Gasteiger partial charge >= 0.3 is 0 Å². The predicted molar refractivity (Wildman–Crippen MR) is 79.8 cm³/mol. The lowest BCUT2D eigenvalue weighted by atomic mass is 10.0. The summed E-state index contributed by atoms with van der Waals surface area (Å²) in [5.74, 6) is 0.402. The number of hydrogen-bond acceptors (Lipinski definition) is 3. The topological polar surface area (TPSA) is 58.6 Å². The fourth-order valence-electron chi connectivity index (χ4n) is 1.76. The van der Waals surface area contributed by atoms with E-state index in [4.69, 9.17) is 4.74 Å². The zero-order valence-electron chi connectivity index (χ0n) is 13.0. The van der Waals surface area contributed by atoms with Crippen LogP contribution < -0.4 is 10.1 Å². The molecule has 1 aromatic carbocycles. The summed E-state index contributed by atoms with van der Waals surface area (Å²) in [6.07, 6.45) is 0.225. The van der Waals surface area contributed by atoms with Gasteiger partial charge < -0.3 is 15.2 Å². The third-order valence-electron chi connectivity index (χ3n) is 3.34. The Balaban J connectivity index is 2.70. The first kappa shape index (κ1) is 16.5. The lowest BCUT2D eigenvalue weighted by Gasteiger charge is -2.24. The van der Waals surface area contributed by atoms with E-state index in [9.17, 15) is 9.90 Å². The number of ether oxygens (including phenoxy) is 1. The molecule has 0 aliphatic heterocycles. The number of carbonyl (C=O) groups is 1. The number of rotatable bonds is 6. The molecule has 1 amide bonds. The third-order valence-corrected chi connectivity index (χ3v) is 3.34. The van der Waals surface area contributed by atoms with Gasteiger partial charge in [0.05, 0.1) is 6.10 Å². The lowest BCUT2D eigenvalue weighted by Crippen LogP contribution is -2.44.